The predicted molar refractivity (Wildman–Crippen MR) is 125 cm³/mol. The molecule has 0 bridgehead atoms. The van der Waals surface area contributed by atoms with Gasteiger partial charge in [0.2, 0.25) is 10.0 Å². The summed E-state index contributed by atoms with van der Waals surface area (Å²) in [5.74, 6) is 0.737. The molecule has 1 amide bonds. The van der Waals surface area contributed by atoms with Crippen LogP contribution in [0.2, 0.25) is 0 Å². The number of hydrogen-bond donors (Lipinski definition) is 1. The highest BCUT2D eigenvalue weighted by Crippen LogP contribution is 2.32. The number of ether oxygens (including phenoxy) is 1. The van der Waals surface area contributed by atoms with Gasteiger partial charge in [-0.25, -0.2) is 8.42 Å². The van der Waals surface area contributed by atoms with Crippen LogP contribution in [0, 0.1) is 0 Å². The third-order valence-corrected chi connectivity index (χ3v) is 8.70. The van der Waals surface area contributed by atoms with Crippen LogP contribution in [-0.4, -0.2) is 62.9 Å². The summed E-state index contributed by atoms with van der Waals surface area (Å²) in [6.07, 6.45) is 6.56. The molecule has 8 nitrogen and oxygen atoms in total. The number of sulfonamides is 1. The van der Waals surface area contributed by atoms with Gasteiger partial charge in [0.1, 0.15) is 16.4 Å². The molecule has 1 aromatic carbocycles. The Morgan fingerprint density at radius 2 is 1.94 bits per heavy atom. The molecule has 0 aliphatic carbocycles. The van der Waals surface area contributed by atoms with Crippen molar-refractivity contribution < 1.29 is 22.4 Å². The van der Waals surface area contributed by atoms with Crippen LogP contribution >= 0.6 is 0 Å². The number of benzene rings is 1. The van der Waals surface area contributed by atoms with Crippen LogP contribution in [0.5, 0.6) is 5.75 Å². The molecular weight excluding hydrogens is 442 g/mol. The normalized spacial score (nSPS) is 21.1. The summed E-state index contributed by atoms with van der Waals surface area (Å²) < 4.78 is 39.4. The number of carbonyl (C=O) groups is 1. The zero-order chi connectivity index (χ0) is 23.4. The van der Waals surface area contributed by atoms with Crippen LogP contribution < -0.4 is 10.1 Å². The SMILES string of the molecule is COc1ccc(C(=O)NC[C@@H](c2ccco2)N2CCCC2)cc1S(=O)(=O)N1CCCC[C@@H]1C. The van der Waals surface area contributed by atoms with E-state index in [1.807, 2.05) is 19.1 Å². The van der Waals surface area contributed by atoms with Crippen molar-refractivity contribution in [3.8, 4) is 5.75 Å². The molecule has 3 heterocycles. The van der Waals surface area contributed by atoms with Gasteiger partial charge in [-0.05, 0) is 76.0 Å². The average Bonchev–Trinajstić information content (AvgIpc) is 3.54. The highest BCUT2D eigenvalue weighted by molar-refractivity contribution is 7.89. The number of furan rings is 1. The van der Waals surface area contributed by atoms with Gasteiger partial charge in [-0.2, -0.15) is 4.31 Å². The Morgan fingerprint density at radius 1 is 1.18 bits per heavy atom. The first-order valence-electron chi connectivity index (χ1n) is 11.7. The summed E-state index contributed by atoms with van der Waals surface area (Å²) in [6.45, 7) is 4.70. The molecule has 2 atom stereocenters. The van der Waals surface area contributed by atoms with Gasteiger partial charge in [-0.1, -0.05) is 6.42 Å². The Morgan fingerprint density at radius 3 is 2.61 bits per heavy atom. The number of nitrogens with zero attached hydrogens (tertiary/aromatic N) is 2. The number of amides is 1. The fourth-order valence-corrected chi connectivity index (χ4v) is 6.69. The lowest BCUT2D eigenvalue weighted by Gasteiger charge is -2.32. The first-order valence-corrected chi connectivity index (χ1v) is 13.1. The summed E-state index contributed by atoms with van der Waals surface area (Å²) in [5, 5.41) is 2.98. The van der Waals surface area contributed by atoms with Crippen molar-refractivity contribution in [2.75, 3.05) is 33.3 Å². The van der Waals surface area contributed by atoms with Gasteiger partial charge in [0.25, 0.3) is 5.91 Å². The number of carbonyl (C=O) groups excluding carboxylic acids is 1. The lowest BCUT2D eigenvalue weighted by Crippen LogP contribution is -2.42. The Hall–Kier alpha value is -2.36. The van der Waals surface area contributed by atoms with Gasteiger partial charge in [0.15, 0.2) is 0 Å². The highest BCUT2D eigenvalue weighted by Gasteiger charge is 2.34. The lowest BCUT2D eigenvalue weighted by molar-refractivity contribution is 0.0933. The number of methoxy groups -OCH3 is 1. The van der Waals surface area contributed by atoms with E-state index in [2.05, 4.69) is 10.2 Å². The third kappa shape index (κ3) is 5.10. The van der Waals surface area contributed by atoms with Crippen LogP contribution in [0.25, 0.3) is 0 Å². The molecule has 33 heavy (non-hydrogen) atoms. The third-order valence-electron chi connectivity index (χ3n) is 6.66. The van der Waals surface area contributed by atoms with E-state index in [9.17, 15) is 13.2 Å². The summed E-state index contributed by atoms with van der Waals surface area (Å²) in [7, 11) is -2.34. The molecule has 0 spiro atoms. The van der Waals surface area contributed by atoms with E-state index in [0.29, 0.717) is 18.7 Å². The molecule has 1 aromatic heterocycles. The summed E-state index contributed by atoms with van der Waals surface area (Å²) in [5.41, 5.74) is 0.290. The minimum Gasteiger partial charge on any atom is -0.495 e. The van der Waals surface area contributed by atoms with Crippen molar-refractivity contribution in [3.05, 3.63) is 47.9 Å². The minimum atomic E-state index is -3.78. The molecule has 180 valence electrons. The lowest BCUT2D eigenvalue weighted by atomic mass is 10.1. The van der Waals surface area contributed by atoms with Crippen molar-refractivity contribution >= 4 is 15.9 Å². The highest BCUT2D eigenvalue weighted by atomic mass is 32.2. The van der Waals surface area contributed by atoms with E-state index in [1.54, 1.807) is 18.4 Å². The Balaban J connectivity index is 1.54. The molecule has 2 aliphatic rings. The van der Waals surface area contributed by atoms with E-state index < -0.39 is 10.0 Å². The molecule has 0 saturated carbocycles. The predicted octanol–water partition coefficient (Wildman–Crippen LogP) is 3.42. The van der Waals surface area contributed by atoms with Crippen LogP contribution in [0.15, 0.2) is 45.9 Å². The second-order valence-electron chi connectivity index (χ2n) is 8.81. The second kappa shape index (κ2) is 10.3. The van der Waals surface area contributed by atoms with E-state index >= 15 is 0 Å². The molecule has 9 heteroatoms. The largest absolute Gasteiger partial charge is 0.495 e. The fourth-order valence-electron chi connectivity index (χ4n) is 4.81. The number of likely N-dealkylation sites (tertiary alicyclic amines) is 1. The van der Waals surface area contributed by atoms with Crippen LogP contribution in [0.4, 0.5) is 0 Å². The van der Waals surface area contributed by atoms with E-state index in [-0.39, 0.29) is 28.6 Å². The molecule has 2 aliphatic heterocycles. The quantitative estimate of drug-likeness (QED) is 0.629. The number of hydrogen-bond acceptors (Lipinski definition) is 6. The van der Waals surface area contributed by atoms with Crippen molar-refractivity contribution in [1.82, 2.24) is 14.5 Å². The Kier molecular flexibility index (Phi) is 7.41. The molecule has 2 saturated heterocycles. The zero-order valence-electron chi connectivity index (χ0n) is 19.3. The maximum Gasteiger partial charge on any atom is 0.251 e. The Bertz CT molecular complexity index is 1050. The van der Waals surface area contributed by atoms with Gasteiger partial charge in [0.05, 0.1) is 19.4 Å². The van der Waals surface area contributed by atoms with Crippen molar-refractivity contribution in [1.29, 1.82) is 0 Å². The molecule has 0 unspecified atom stereocenters. The van der Waals surface area contributed by atoms with Gasteiger partial charge >= 0.3 is 0 Å². The standard InChI is InChI=1S/C24H33N3O5S/c1-18-8-3-4-14-27(18)33(29,30)23-16-19(10-11-22(23)31-2)24(28)25-17-20(21-9-7-15-32-21)26-12-5-6-13-26/h7,9-11,15-16,18,20H,3-6,8,12-14,17H2,1-2H3,(H,25,28)/t18-,20-/m0/s1. The summed E-state index contributed by atoms with van der Waals surface area (Å²) in [6, 6.07) is 8.23. The van der Waals surface area contributed by atoms with Crippen LogP contribution in [0.3, 0.4) is 0 Å². The van der Waals surface area contributed by atoms with E-state index in [4.69, 9.17) is 9.15 Å². The van der Waals surface area contributed by atoms with Crippen molar-refractivity contribution in [2.45, 2.75) is 56.0 Å². The molecule has 4 rings (SSSR count). The van der Waals surface area contributed by atoms with Gasteiger partial charge in [-0.15, -0.1) is 0 Å². The molecule has 2 fully saturated rings. The topological polar surface area (TPSA) is 92.1 Å². The fraction of sp³-hybridized carbons (Fsp3) is 0.542. The molecular formula is C24H33N3O5S. The van der Waals surface area contributed by atoms with Gasteiger partial charge < -0.3 is 14.5 Å². The number of nitrogens with one attached hydrogen (secondary N) is 1. The minimum absolute atomic E-state index is 0.0357. The van der Waals surface area contributed by atoms with Crippen LogP contribution in [-0.2, 0) is 10.0 Å². The van der Waals surface area contributed by atoms with E-state index in [1.165, 1.54) is 17.5 Å². The first-order chi connectivity index (χ1) is 15.9. The number of rotatable bonds is 8. The van der Waals surface area contributed by atoms with Crippen LogP contribution in [0.1, 0.15) is 61.2 Å². The van der Waals surface area contributed by atoms with Gasteiger partial charge in [0, 0.05) is 24.7 Å². The number of piperidine rings is 1. The van der Waals surface area contributed by atoms with E-state index in [0.717, 1.165) is 51.0 Å². The molecule has 2 aromatic rings. The average molecular weight is 476 g/mol. The summed E-state index contributed by atoms with van der Waals surface area (Å²) in [4.78, 5) is 15.4. The molecule has 1 N–H and O–H groups in total. The van der Waals surface area contributed by atoms with Crippen molar-refractivity contribution in [3.63, 3.8) is 0 Å². The monoisotopic (exact) mass is 475 g/mol. The summed E-state index contributed by atoms with van der Waals surface area (Å²) >= 11 is 0. The second-order valence-corrected chi connectivity index (χ2v) is 10.7. The van der Waals surface area contributed by atoms with Gasteiger partial charge in [-0.3, -0.25) is 9.69 Å². The molecule has 0 radical (unpaired) electrons. The maximum atomic E-state index is 13.4. The zero-order valence-corrected chi connectivity index (χ0v) is 20.1. The van der Waals surface area contributed by atoms with Crippen molar-refractivity contribution in [2.24, 2.45) is 0 Å². The maximum absolute atomic E-state index is 13.4. The Labute approximate surface area is 195 Å². The first kappa shape index (κ1) is 23.8. The smallest absolute Gasteiger partial charge is 0.251 e.